The summed E-state index contributed by atoms with van der Waals surface area (Å²) < 4.78 is 36.6. The third kappa shape index (κ3) is 4.64. The van der Waals surface area contributed by atoms with Gasteiger partial charge < -0.3 is 9.47 Å². The standard InChI is InChI=1S/C19H19ClN4O4S/c1-29(25,26)24-8-9-27-15(11-24)12-28-19-18-17(21-6-7-22-18)10-16(23-19)13-2-4-14(20)5-3-13/h2-7,10,15H,8-9,11-12H2,1H3/t15-/m0/s1. The van der Waals surface area contributed by atoms with Crippen LogP contribution in [0.15, 0.2) is 42.7 Å². The van der Waals surface area contributed by atoms with Crippen molar-refractivity contribution in [2.75, 3.05) is 32.6 Å². The number of nitrogens with zero attached hydrogens (tertiary/aromatic N) is 4. The third-order valence-corrected chi connectivity index (χ3v) is 6.06. The monoisotopic (exact) mass is 434 g/mol. The molecule has 0 radical (unpaired) electrons. The number of sulfonamides is 1. The zero-order valence-corrected chi connectivity index (χ0v) is 17.2. The van der Waals surface area contributed by atoms with Gasteiger partial charge in [0.15, 0.2) is 5.52 Å². The van der Waals surface area contributed by atoms with Crippen LogP contribution in [0.5, 0.6) is 5.88 Å². The van der Waals surface area contributed by atoms with Crippen LogP contribution in [0, 0.1) is 0 Å². The molecule has 0 aliphatic carbocycles. The molecule has 3 aromatic rings. The molecule has 3 heterocycles. The molecule has 0 bridgehead atoms. The number of ether oxygens (including phenoxy) is 2. The van der Waals surface area contributed by atoms with Gasteiger partial charge >= 0.3 is 0 Å². The first-order chi connectivity index (χ1) is 13.9. The molecule has 1 aliphatic heterocycles. The van der Waals surface area contributed by atoms with Crippen LogP contribution in [0.25, 0.3) is 22.3 Å². The number of rotatable bonds is 5. The van der Waals surface area contributed by atoms with Gasteiger partial charge in [0.05, 0.1) is 24.1 Å². The van der Waals surface area contributed by atoms with Crippen molar-refractivity contribution in [2.45, 2.75) is 6.10 Å². The van der Waals surface area contributed by atoms with Crippen molar-refractivity contribution in [3.8, 4) is 17.1 Å². The van der Waals surface area contributed by atoms with Gasteiger partial charge in [0.2, 0.25) is 15.9 Å². The fourth-order valence-electron chi connectivity index (χ4n) is 3.08. The molecule has 152 valence electrons. The lowest BCUT2D eigenvalue weighted by molar-refractivity contribution is -0.0252. The van der Waals surface area contributed by atoms with Gasteiger partial charge in [-0.2, -0.15) is 4.31 Å². The lowest BCUT2D eigenvalue weighted by atomic mass is 10.1. The molecule has 29 heavy (non-hydrogen) atoms. The minimum atomic E-state index is -3.27. The van der Waals surface area contributed by atoms with Gasteiger partial charge in [-0.3, -0.25) is 4.98 Å². The van der Waals surface area contributed by atoms with E-state index in [0.717, 1.165) is 5.56 Å². The molecule has 0 unspecified atom stereocenters. The molecule has 1 saturated heterocycles. The van der Waals surface area contributed by atoms with Crippen molar-refractivity contribution >= 4 is 32.7 Å². The van der Waals surface area contributed by atoms with Crippen molar-refractivity contribution in [2.24, 2.45) is 0 Å². The van der Waals surface area contributed by atoms with Gasteiger partial charge in [-0.15, -0.1) is 0 Å². The van der Waals surface area contributed by atoms with Crippen molar-refractivity contribution in [1.29, 1.82) is 0 Å². The minimum Gasteiger partial charge on any atom is -0.473 e. The summed E-state index contributed by atoms with van der Waals surface area (Å²) in [5.74, 6) is 0.320. The molecule has 8 nitrogen and oxygen atoms in total. The van der Waals surface area contributed by atoms with Crippen molar-refractivity contribution in [3.05, 3.63) is 47.7 Å². The molecule has 0 saturated carbocycles. The van der Waals surface area contributed by atoms with Crippen LogP contribution >= 0.6 is 11.6 Å². The van der Waals surface area contributed by atoms with Gasteiger partial charge in [0.1, 0.15) is 12.7 Å². The smallest absolute Gasteiger partial charge is 0.242 e. The van der Waals surface area contributed by atoms with Crippen LogP contribution in [0.1, 0.15) is 0 Å². The van der Waals surface area contributed by atoms with E-state index in [-0.39, 0.29) is 13.2 Å². The predicted octanol–water partition coefficient (Wildman–Crippen LogP) is 2.38. The summed E-state index contributed by atoms with van der Waals surface area (Å²) in [7, 11) is -3.27. The molecule has 1 fully saturated rings. The average Bonchev–Trinajstić information content (AvgIpc) is 2.72. The zero-order valence-electron chi connectivity index (χ0n) is 15.7. The molecule has 1 aliphatic rings. The Morgan fingerprint density at radius 2 is 2.00 bits per heavy atom. The van der Waals surface area contributed by atoms with E-state index >= 15 is 0 Å². The Morgan fingerprint density at radius 1 is 1.24 bits per heavy atom. The highest BCUT2D eigenvalue weighted by atomic mass is 35.5. The number of pyridine rings is 1. The lowest BCUT2D eigenvalue weighted by Gasteiger charge is -2.30. The normalized spacial score (nSPS) is 18.1. The number of benzene rings is 1. The number of hydrogen-bond donors (Lipinski definition) is 0. The second kappa shape index (κ2) is 8.19. The summed E-state index contributed by atoms with van der Waals surface area (Å²) >= 11 is 5.98. The molecule has 1 aromatic carbocycles. The SMILES string of the molecule is CS(=O)(=O)N1CCO[C@H](COc2nc(-c3ccc(Cl)cc3)cc3nccnc23)C1. The van der Waals surface area contributed by atoms with E-state index in [2.05, 4.69) is 15.0 Å². The van der Waals surface area contributed by atoms with E-state index in [1.807, 2.05) is 18.2 Å². The zero-order chi connectivity index (χ0) is 20.4. The predicted molar refractivity (Wildman–Crippen MR) is 109 cm³/mol. The maximum absolute atomic E-state index is 11.8. The first-order valence-corrected chi connectivity index (χ1v) is 11.2. The molecular weight excluding hydrogens is 416 g/mol. The quantitative estimate of drug-likeness (QED) is 0.608. The Balaban J connectivity index is 1.60. The summed E-state index contributed by atoms with van der Waals surface area (Å²) in [4.78, 5) is 13.3. The Morgan fingerprint density at radius 3 is 2.76 bits per heavy atom. The van der Waals surface area contributed by atoms with Crippen LogP contribution in [0.3, 0.4) is 0 Å². The topological polar surface area (TPSA) is 94.5 Å². The molecule has 1 atom stereocenters. The van der Waals surface area contributed by atoms with Gasteiger partial charge in [-0.05, 0) is 18.2 Å². The van der Waals surface area contributed by atoms with E-state index < -0.39 is 16.1 Å². The number of hydrogen-bond acceptors (Lipinski definition) is 7. The van der Waals surface area contributed by atoms with E-state index in [1.54, 1.807) is 24.5 Å². The Kier molecular flexibility index (Phi) is 5.64. The maximum Gasteiger partial charge on any atom is 0.242 e. The average molecular weight is 435 g/mol. The molecule has 10 heteroatoms. The summed E-state index contributed by atoms with van der Waals surface area (Å²) in [6.45, 7) is 1.04. The number of morpholine rings is 1. The van der Waals surface area contributed by atoms with Crippen molar-refractivity contribution in [3.63, 3.8) is 0 Å². The first kappa shape index (κ1) is 20.0. The van der Waals surface area contributed by atoms with Gasteiger partial charge in [-0.25, -0.2) is 18.4 Å². The highest BCUT2D eigenvalue weighted by molar-refractivity contribution is 7.88. The third-order valence-electron chi connectivity index (χ3n) is 4.54. The highest BCUT2D eigenvalue weighted by Crippen LogP contribution is 2.28. The van der Waals surface area contributed by atoms with E-state index in [0.29, 0.717) is 40.8 Å². The van der Waals surface area contributed by atoms with Crippen molar-refractivity contribution < 1.29 is 17.9 Å². The van der Waals surface area contributed by atoms with Gasteiger partial charge in [-0.1, -0.05) is 23.7 Å². The minimum absolute atomic E-state index is 0.148. The van der Waals surface area contributed by atoms with Crippen LogP contribution in [0.4, 0.5) is 0 Å². The molecule has 2 aromatic heterocycles. The fourth-order valence-corrected chi connectivity index (χ4v) is 4.05. The molecule has 0 spiro atoms. The fraction of sp³-hybridized carbons (Fsp3) is 0.316. The van der Waals surface area contributed by atoms with Gasteiger partial charge in [0.25, 0.3) is 0 Å². The van der Waals surface area contributed by atoms with Crippen LogP contribution in [0.2, 0.25) is 5.02 Å². The van der Waals surface area contributed by atoms with E-state index in [4.69, 9.17) is 21.1 Å². The number of halogens is 1. The number of fused-ring (bicyclic) bond motifs is 1. The second-order valence-corrected chi connectivity index (χ2v) is 9.09. The molecule has 0 amide bonds. The van der Waals surface area contributed by atoms with Crippen LogP contribution in [-0.4, -0.2) is 66.3 Å². The second-order valence-electron chi connectivity index (χ2n) is 6.67. The van der Waals surface area contributed by atoms with E-state index in [9.17, 15) is 8.42 Å². The van der Waals surface area contributed by atoms with Gasteiger partial charge in [0, 0.05) is 36.1 Å². The maximum atomic E-state index is 11.8. The summed E-state index contributed by atoms with van der Waals surface area (Å²) in [5.41, 5.74) is 2.71. The van der Waals surface area contributed by atoms with E-state index in [1.165, 1.54) is 10.6 Å². The molecule has 0 N–H and O–H groups in total. The first-order valence-electron chi connectivity index (χ1n) is 8.97. The molecule has 4 rings (SSSR count). The number of aromatic nitrogens is 3. The highest BCUT2D eigenvalue weighted by Gasteiger charge is 2.27. The lowest BCUT2D eigenvalue weighted by Crippen LogP contribution is -2.47. The van der Waals surface area contributed by atoms with Crippen LogP contribution in [-0.2, 0) is 14.8 Å². The largest absolute Gasteiger partial charge is 0.473 e. The van der Waals surface area contributed by atoms with Crippen molar-refractivity contribution in [1.82, 2.24) is 19.3 Å². The Labute approximate surface area is 173 Å². The summed E-state index contributed by atoms with van der Waals surface area (Å²) in [5, 5.41) is 0.635. The Hall–Kier alpha value is -2.33. The molecular formula is C19H19ClN4O4S. The summed E-state index contributed by atoms with van der Waals surface area (Å²) in [6.07, 6.45) is 3.97. The summed E-state index contributed by atoms with van der Waals surface area (Å²) in [6, 6.07) is 9.14. The van der Waals surface area contributed by atoms with Crippen LogP contribution < -0.4 is 4.74 Å². The Bertz CT molecular complexity index is 1120.